The molecule has 0 saturated carbocycles. The second-order valence-corrected chi connectivity index (χ2v) is 8.02. The first-order valence-corrected chi connectivity index (χ1v) is 10.1. The highest BCUT2D eigenvalue weighted by molar-refractivity contribution is 7.18. The van der Waals surface area contributed by atoms with Crippen LogP contribution in [0.3, 0.4) is 0 Å². The minimum absolute atomic E-state index is 0.129. The van der Waals surface area contributed by atoms with Gasteiger partial charge in [0.25, 0.3) is 0 Å². The lowest BCUT2D eigenvalue weighted by molar-refractivity contribution is -0.137. The summed E-state index contributed by atoms with van der Waals surface area (Å²) in [4.78, 5) is 0. The van der Waals surface area contributed by atoms with Crippen LogP contribution in [0.5, 0.6) is 0 Å². The van der Waals surface area contributed by atoms with E-state index in [2.05, 4.69) is 25.7 Å². The Balaban J connectivity index is 1.38. The van der Waals surface area contributed by atoms with Crippen molar-refractivity contribution in [2.45, 2.75) is 25.1 Å². The van der Waals surface area contributed by atoms with Crippen molar-refractivity contribution in [2.24, 2.45) is 5.73 Å². The molecular weight excluding hydrogens is 413 g/mol. The van der Waals surface area contributed by atoms with E-state index >= 15 is 0 Å². The highest BCUT2D eigenvalue weighted by Crippen LogP contribution is 2.31. The maximum atomic E-state index is 12.7. The first kappa shape index (κ1) is 20.3. The first-order valence-electron chi connectivity index (χ1n) is 9.25. The Morgan fingerprint density at radius 3 is 2.63 bits per heavy atom. The Hall–Kier alpha value is -2.98. The zero-order valence-corrected chi connectivity index (χ0v) is 16.8. The number of alkyl halides is 3. The van der Waals surface area contributed by atoms with Crippen LogP contribution in [0.25, 0.3) is 21.5 Å². The number of aromatic amines is 1. The molecule has 156 valence electrons. The molecule has 10 heteroatoms. The predicted octanol–water partition coefficient (Wildman–Crippen LogP) is 4.64. The van der Waals surface area contributed by atoms with Crippen molar-refractivity contribution in [3.05, 3.63) is 59.8 Å². The largest absolute Gasteiger partial charge is 0.416 e. The van der Waals surface area contributed by atoms with Crippen molar-refractivity contribution in [1.29, 1.82) is 0 Å². The number of rotatable bonds is 6. The number of hydrogen-bond acceptors (Lipinski definition) is 6. The number of H-pyrrole nitrogens is 1. The van der Waals surface area contributed by atoms with Crippen LogP contribution in [-0.4, -0.2) is 33.0 Å². The fourth-order valence-electron chi connectivity index (χ4n) is 3.09. The van der Waals surface area contributed by atoms with Gasteiger partial charge in [-0.2, -0.15) is 18.3 Å². The van der Waals surface area contributed by atoms with E-state index in [0.717, 1.165) is 39.2 Å². The van der Waals surface area contributed by atoms with Gasteiger partial charge < -0.3 is 11.1 Å². The molecule has 0 amide bonds. The van der Waals surface area contributed by atoms with Crippen LogP contribution in [0.2, 0.25) is 0 Å². The third-order valence-corrected chi connectivity index (χ3v) is 5.94. The summed E-state index contributed by atoms with van der Waals surface area (Å²) in [7, 11) is 0. The van der Waals surface area contributed by atoms with Crippen LogP contribution in [0, 0.1) is 0 Å². The van der Waals surface area contributed by atoms with Crippen molar-refractivity contribution in [1.82, 2.24) is 20.4 Å². The zero-order chi connectivity index (χ0) is 21.3. The Morgan fingerprint density at radius 2 is 1.90 bits per heavy atom. The molecule has 0 fully saturated rings. The lowest BCUT2D eigenvalue weighted by Crippen LogP contribution is -2.34. The molecule has 4 N–H and O–H groups in total. The molecule has 30 heavy (non-hydrogen) atoms. The summed E-state index contributed by atoms with van der Waals surface area (Å²) >= 11 is 1.41. The van der Waals surface area contributed by atoms with Crippen LogP contribution in [0.15, 0.2) is 48.7 Å². The van der Waals surface area contributed by atoms with Gasteiger partial charge in [-0.3, -0.25) is 5.10 Å². The van der Waals surface area contributed by atoms with E-state index in [-0.39, 0.29) is 12.0 Å². The average Bonchev–Trinajstić information content (AvgIpc) is 3.39. The highest BCUT2D eigenvalue weighted by atomic mass is 32.1. The molecule has 0 saturated heterocycles. The van der Waals surface area contributed by atoms with Crippen molar-refractivity contribution in [2.75, 3.05) is 11.9 Å². The van der Waals surface area contributed by atoms with Gasteiger partial charge in [0.15, 0.2) is 0 Å². The second-order valence-electron chi connectivity index (χ2n) is 7.04. The summed E-state index contributed by atoms with van der Waals surface area (Å²) in [5.74, 6) is -0.129. The summed E-state index contributed by atoms with van der Waals surface area (Å²) in [5.41, 5.74) is 8.23. The lowest BCUT2D eigenvalue weighted by Gasteiger charge is -2.21. The van der Waals surface area contributed by atoms with Crippen LogP contribution in [0.1, 0.15) is 24.0 Å². The van der Waals surface area contributed by atoms with Crippen molar-refractivity contribution >= 4 is 27.4 Å². The van der Waals surface area contributed by atoms with Gasteiger partial charge in [-0.25, -0.2) is 0 Å². The number of nitrogens with one attached hydrogen (secondary N) is 2. The van der Waals surface area contributed by atoms with E-state index in [1.54, 1.807) is 6.20 Å². The minimum atomic E-state index is -4.34. The molecule has 0 aliphatic carbocycles. The maximum absolute atomic E-state index is 12.7. The third kappa shape index (κ3) is 4.29. The molecular formula is C20H19F3N6S. The topological polar surface area (TPSA) is 92.5 Å². The van der Waals surface area contributed by atoms with Crippen molar-refractivity contribution in [3.63, 3.8) is 0 Å². The number of halogens is 3. The summed E-state index contributed by atoms with van der Waals surface area (Å²) in [5, 5.41) is 20.9. The number of anilines is 1. The summed E-state index contributed by atoms with van der Waals surface area (Å²) < 4.78 is 38.2. The van der Waals surface area contributed by atoms with Gasteiger partial charge in [-0.15, -0.1) is 10.2 Å². The summed E-state index contributed by atoms with van der Waals surface area (Å²) in [6.07, 6.45) is -2.59. The summed E-state index contributed by atoms with van der Waals surface area (Å²) in [6.45, 7) is 2.30. The Bertz CT molecular complexity index is 1140. The second kappa shape index (κ2) is 8.04. The molecule has 6 nitrogen and oxygen atoms in total. The van der Waals surface area contributed by atoms with Crippen molar-refractivity contribution in [3.8, 4) is 10.6 Å². The van der Waals surface area contributed by atoms with Crippen LogP contribution in [-0.2, 0) is 6.18 Å². The normalized spacial score (nSPS) is 14.0. The predicted molar refractivity (Wildman–Crippen MR) is 111 cm³/mol. The number of fused-ring (bicyclic) bond motifs is 1. The molecule has 2 aromatic carbocycles. The standard InChI is InChI=1S/C20H19F3N6S/c1-11(12-2-5-15(6-3-12)20(21,22)23)16(24)10-25-19-29-28-18(30-19)13-4-7-17-14(8-13)9-26-27-17/h2-9,11,16H,10,24H2,1H3,(H,25,29)(H,26,27)/t11-,16-/m0/s1. The molecule has 0 unspecified atom stereocenters. The lowest BCUT2D eigenvalue weighted by atomic mass is 9.93. The van der Waals surface area contributed by atoms with Gasteiger partial charge >= 0.3 is 6.18 Å². The minimum Gasteiger partial charge on any atom is -0.358 e. The molecule has 0 radical (unpaired) electrons. The fraction of sp³-hybridized carbons (Fsp3) is 0.250. The average molecular weight is 432 g/mol. The molecule has 2 aromatic heterocycles. The number of aromatic nitrogens is 4. The SMILES string of the molecule is C[C@@H](c1ccc(C(F)(F)F)cc1)[C@@H](N)CNc1nnc(-c2ccc3[nH]ncc3c2)s1. The number of benzene rings is 2. The van der Waals surface area contributed by atoms with E-state index in [1.165, 1.54) is 23.5 Å². The molecule has 0 spiro atoms. The zero-order valence-electron chi connectivity index (χ0n) is 15.9. The van der Waals surface area contributed by atoms with Crippen LogP contribution >= 0.6 is 11.3 Å². The smallest absolute Gasteiger partial charge is 0.358 e. The van der Waals surface area contributed by atoms with Gasteiger partial charge in [0.1, 0.15) is 5.01 Å². The van der Waals surface area contributed by atoms with Crippen LogP contribution in [0.4, 0.5) is 18.3 Å². The molecule has 0 bridgehead atoms. The Labute approximate surface area is 174 Å². The number of nitrogens with zero attached hydrogens (tertiary/aromatic N) is 3. The molecule has 0 aliphatic heterocycles. The Kier molecular flexibility index (Phi) is 5.44. The molecule has 2 atom stereocenters. The van der Waals surface area contributed by atoms with Crippen LogP contribution < -0.4 is 11.1 Å². The quantitative estimate of drug-likeness (QED) is 0.413. The monoisotopic (exact) mass is 432 g/mol. The summed E-state index contributed by atoms with van der Waals surface area (Å²) in [6, 6.07) is 10.7. The number of nitrogens with two attached hydrogens (primary N) is 1. The maximum Gasteiger partial charge on any atom is 0.416 e. The molecule has 4 aromatic rings. The van der Waals surface area contributed by atoms with Gasteiger partial charge in [-0.1, -0.05) is 30.4 Å². The van der Waals surface area contributed by atoms with Gasteiger partial charge in [0.05, 0.1) is 17.3 Å². The van der Waals surface area contributed by atoms with E-state index in [4.69, 9.17) is 5.73 Å². The van der Waals surface area contributed by atoms with Gasteiger partial charge in [0.2, 0.25) is 5.13 Å². The first-order chi connectivity index (χ1) is 14.3. The van der Waals surface area contributed by atoms with E-state index in [9.17, 15) is 13.2 Å². The van der Waals surface area contributed by atoms with E-state index in [1.807, 2.05) is 25.1 Å². The van der Waals surface area contributed by atoms with Crippen molar-refractivity contribution < 1.29 is 13.2 Å². The molecule has 4 rings (SSSR count). The van der Waals surface area contributed by atoms with Gasteiger partial charge in [0, 0.05) is 23.5 Å². The van der Waals surface area contributed by atoms with Gasteiger partial charge in [-0.05, 0) is 41.8 Å². The molecule has 2 heterocycles. The highest BCUT2D eigenvalue weighted by Gasteiger charge is 2.30. The molecule has 0 aliphatic rings. The Morgan fingerprint density at radius 1 is 1.13 bits per heavy atom. The third-order valence-electron chi connectivity index (χ3n) is 5.01. The van der Waals surface area contributed by atoms with E-state index in [0.29, 0.717) is 11.7 Å². The number of hydrogen-bond donors (Lipinski definition) is 3. The van der Waals surface area contributed by atoms with E-state index < -0.39 is 11.7 Å². The fourth-order valence-corrected chi connectivity index (χ4v) is 3.84.